The van der Waals surface area contributed by atoms with Crippen molar-refractivity contribution in [2.24, 2.45) is 0 Å². The first-order valence-electron chi connectivity index (χ1n) is 9.30. The summed E-state index contributed by atoms with van der Waals surface area (Å²) in [5.41, 5.74) is 0.581. The average molecular weight is 434 g/mol. The molecule has 0 saturated carbocycles. The van der Waals surface area contributed by atoms with Crippen molar-refractivity contribution in [3.05, 3.63) is 48.5 Å². The third kappa shape index (κ3) is 5.71. The van der Waals surface area contributed by atoms with Crippen LogP contribution < -0.4 is 19.5 Å². The van der Waals surface area contributed by atoms with Crippen LogP contribution in [0.1, 0.15) is 13.3 Å². The average Bonchev–Trinajstić information content (AvgIpc) is 2.74. The molecule has 9 nitrogen and oxygen atoms in total. The molecule has 0 fully saturated rings. The normalized spacial score (nSPS) is 13.9. The Bertz CT molecular complexity index is 1010. The third-order valence-electron chi connectivity index (χ3n) is 4.16. The Labute approximate surface area is 174 Å². The van der Waals surface area contributed by atoms with Gasteiger partial charge in [-0.25, -0.2) is 13.1 Å². The predicted molar refractivity (Wildman–Crippen MR) is 108 cm³/mol. The Kier molecular flexibility index (Phi) is 6.91. The summed E-state index contributed by atoms with van der Waals surface area (Å²) in [5.74, 6) is -0.352. The fourth-order valence-corrected chi connectivity index (χ4v) is 3.68. The molecule has 3 rings (SSSR count). The van der Waals surface area contributed by atoms with Crippen molar-refractivity contribution in [1.29, 1.82) is 0 Å². The molecular weight excluding hydrogens is 412 g/mol. The van der Waals surface area contributed by atoms with Crippen molar-refractivity contribution >= 4 is 27.6 Å². The standard InChI is InChI=1S/C20H22N2O7S/c1-14(20(24)22-15-5-3-2-4-6-15)29-19(23)9-10-21-30(25,26)16-7-8-17-18(13-16)28-12-11-27-17/h2-8,13-14,21H,9-12H2,1H3,(H,22,24)/t14-/m1/s1. The van der Waals surface area contributed by atoms with Crippen LogP contribution in [0.3, 0.4) is 0 Å². The van der Waals surface area contributed by atoms with Gasteiger partial charge in [0.05, 0.1) is 11.3 Å². The molecule has 2 aromatic carbocycles. The van der Waals surface area contributed by atoms with E-state index < -0.39 is 28.0 Å². The van der Waals surface area contributed by atoms with Gasteiger partial charge in [0.25, 0.3) is 5.91 Å². The summed E-state index contributed by atoms with van der Waals surface area (Å²) in [4.78, 5) is 24.0. The molecular formula is C20H22N2O7S. The molecule has 30 heavy (non-hydrogen) atoms. The molecule has 0 aromatic heterocycles. The van der Waals surface area contributed by atoms with Crippen molar-refractivity contribution in [3.63, 3.8) is 0 Å². The van der Waals surface area contributed by atoms with Crippen LogP contribution >= 0.6 is 0 Å². The second-order valence-corrected chi connectivity index (χ2v) is 8.21. The van der Waals surface area contributed by atoms with Gasteiger partial charge in [0.2, 0.25) is 10.0 Å². The van der Waals surface area contributed by atoms with Gasteiger partial charge in [0.1, 0.15) is 13.2 Å². The minimum absolute atomic E-state index is 0.00396. The number of hydrogen-bond acceptors (Lipinski definition) is 7. The van der Waals surface area contributed by atoms with E-state index in [1.807, 2.05) is 6.07 Å². The Morgan fingerprint density at radius 2 is 1.77 bits per heavy atom. The lowest BCUT2D eigenvalue weighted by molar-refractivity contribution is -0.152. The van der Waals surface area contributed by atoms with E-state index in [2.05, 4.69) is 10.0 Å². The summed E-state index contributed by atoms with van der Waals surface area (Å²) in [6.07, 6.45) is -1.25. The van der Waals surface area contributed by atoms with Gasteiger partial charge in [-0.3, -0.25) is 9.59 Å². The molecule has 0 saturated heterocycles. The molecule has 1 aliphatic rings. The first kappa shape index (κ1) is 21.6. The van der Waals surface area contributed by atoms with Crippen LogP contribution in [-0.2, 0) is 24.3 Å². The molecule has 1 heterocycles. The molecule has 1 amide bonds. The summed E-state index contributed by atoms with van der Waals surface area (Å²) in [5, 5.41) is 2.62. The number of nitrogens with one attached hydrogen (secondary N) is 2. The fraction of sp³-hybridized carbons (Fsp3) is 0.300. The van der Waals surface area contributed by atoms with E-state index in [1.165, 1.54) is 25.1 Å². The van der Waals surface area contributed by atoms with Crippen molar-refractivity contribution in [3.8, 4) is 11.5 Å². The predicted octanol–water partition coefficient (Wildman–Crippen LogP) is 1.70. The molecule has 2 N–H and O–H groups in total. The topological polar surface area (TPSA) is 120 Å². The first-order chi connectivity index (χ1) is 14.3. The van der Waals surface area contributed by atoms with Crippen LogP contribution in [0.25, 0.3) is 0 Å². The van der Waals surface area contributed by atoms with Crippen molar-refractivity contribution in [2.45, 2.75) is 24.3 Å². The number of hydrogen-bond donors (Lipinski definition) is 2. The third-order valence-corrected chi connectivity index (χ3v) is 5.62. The number of esters is 1. The lowest BCUT2D eigenvalue weighted by atomic mass is 10.3. The Morgan fingerprint density at radius 3 is 2.50 bits per heavy atom. The van der Waals surface area contributed by atoms with Crippen LogP contribution in [0, 0.1) is 0 Å². The molecule has 0 radical (unpaired) electrons. The molecule has 160 valence electrons. The molecule has 1 atom stereocenters. The highest BCUT2D eigenvalue weighted by Gasteiger charge is 2.21. The molecule has 10 heteroatoms. The van der Waals surface area contributed by atoms with Crippen LogP contribution in [0.15, 0.2) is 53.4 Å². The van der Waals surface area contributed by atoms with E-state index in [4.69, 9.17) is 14.2 Å². The number of fused-ring (bicyclic) bond motifs is 1. The van der Waals surface area contributed by atoms with Gasteiger partial charge < -0.3 is 19.5 Å². The van der Waals surface area contributed by atoms with Gasteiger partial charge in [-0.1, -0.05) is 18.2 Å². The van der Waals surface area contributed by atoms with E-state index in [1.54, 1.807) is 24.3 Å². The lowest BCUT2D eigenvalue weighted by Gasteiger charge is -2.19. The van der Waals surface area contributed by atoms with E-state index in [9.17, 15) is 18.0 Å². The summed E-state index contributed by atoms with van der Waals surface area (Å²) in [6, 6.07) is 13.0. The zero-order chi connectivity index (χ0) is 21.6. The van der Waals surface area contributed by atoms with E-state index in [0.29, 0.717) is 30.4 Å². The Morgan fingerprint density at radius 1 is 1.07 bits per heavy atom. The quantitative estimate of drug-likeness (QED) is 0.607. The number of ether oxygens (including phenoxy) is 3. The smallest absolute Gasteiger partial charge is 0.307 e. The maximum Gasteiger partial charge on any atom is 0.307 e. The Balaban J connectivity index is 1.47. The molecule has 0 unspecified atom stereocenters. The van der Waals surface area contributed by atoms with Crippen molar-refractivity contribution in [1.82, 2.24) is 4.72 Å². The van der Waals surface area contributed by atoms with E-state index in [-0.39, 0.29) is 17.9 Å². The van der Waals surface area contributed by atoms with Crippen LogP contribution in [-0.4, -0.2) is 46.2 Å². The highest BCUT2D eigenvalue weighted by atomic mass is 32.2. The van der Waals surface area contributed by atoms with Gasteiger partial charge in [-0.15, -0.1) is 0 Å². The van der Waals surface area contributed by atoms with Crippen molar-refractivity contribution in [2.75, 3.05) is 25.1 Å². The van der Waals surface area contributed by atoms with Gasteiger partial charge in [-0.05, 0) is 31.2 Å². The number of benzene rings is 2. The molecule has 2 aromatic rings. The Hall–Kier alpha value is -3.11. The number of rotatable bonds is 8. The number of anilines is 1. The SMILES string of the molecule is C[C@@H](OC(=O)CCNS(=O)(=O)c1ccc2c(c1)OCCO2)C(=O)Nc1ccccc1. The second kappa shape index (κ2) is 9.59. The highest BCUT2D eigenvalue weighted by Crippen LogP contribution is 2.32. The van der Waals surface area contributed by atoms with Gasteiger partial charge in [-0.2, -0.15) is 0 Å². The number of carbonyl (C=O) groups excluding carboxylic acids is 2. The summed E-state index contributed by atoms with van der Waals surface area (Å²) < 4.78 is 43.0. The largest absolute Gasteiger partial charge is 0.486 e. The summed E-state index contributed by atoms with van der Waals surface area (Å²) in [6.45, 7) is 2.01. The van der Waals surface area contributed by atoms with Crippen LogP contribution in [0.5, 0.6) is 11.5 Å². The molecule has 1 aliphatic heterocycles. The van der Waals surface area contributed by atoms with Crippen molar-refractivity contribution < 1.29 is 32.2 Å². The maximum atomic E-state index is 12.4. The monoisotopic (exact) mass is 434 g/mol. The molecule has 0 bridgehead atoms. The zero-order valence-electron chi connectivity index (χ0n) is 16.3. The first-order valence-corrected chi connectivity index (χ1v) is 10.8. The minimum atomic E-state index is -3.85. The number of amides is 1. The van der Waals surface area contributed by atoms with E-state index in [0.717, 1.165) is 0 Å². The molecule has 0 aliphatic carbocycles. The zero-order valence-corrected chi connectivity index (χ0v) is 17.1. The van der Waals surface area contributed by atoms with Crippen LogP contribution in [0.4, 0.5) is 5.69 Å². The summed E-state index contributed by atoms with van der Waals surface area (Å²) >= 11 is 0. The minimum Gasteiger partial charge on any atom is -0.486 e. The van der Waals surface area contributed by atoms with Gasteiger partial charge in [0, 0.05) is 18.3 Å². The number of sulfonamides is 1. The van der Waals surface area contributed by atoms with Gasteiger partial charge >= 0.3 is 5.97 Å². The van der Waals surface area contributed by atoms with Crippen LogP contribution in [0.2, 0.25) is 0 Å². The molecule has 0 spiro atoms. The maximum absolute atomic E-state index is 12.4. The number of para-hydroxylation sites is 1. The lowest BCUT2D eigenvalue weighted by Crippen LogP contribution is -2.32. The number of carbonyl (C=O) groups is 2. The summed E-state index contributed by atoms with van der Waals surface area (Å²) in [7, 11) is -3.85. The van der Waals surface area contributed by atoms with Gasteiger partial charge in [0.15, 0.2) is 17.6 Å². The highest BCUT2D eigenvalue weighted by molar-refractivity contribution is 7.89. The van der Waals surface area contributed by atoms with E-state index >= 15 is 0 Å². The fourth-order valence-electron chi connectivity index (χ4n) is 2.64. The second-order valence-electron chi connectivity index (χ2n) is 6.44.